The zero-order valence-corrected chi connectivity index (χ0v) is 10.5. The lowest BCUT2D eigenvalue weighted by Crippen LogP contribution is -2.34. The Morgan fingerprint density at radius 2 is 2.29 bits per heavy atom. The van der Waals surface area contributed by atoms with Gasteiger partial charge in [0.2, 0.25) is 5.91 Å². The molecule has 1 rings (SSSR count). The molecule has 0 aliphatic carbocycles. The van der Waals surface area contributed by atoms with Crippen LogP contribution >= 0.6 is 0 Å². The highest BCUT2D eigenvalue weighted by Crippen LogP contribution is 2.21. The molecule has 100 valence electrons. The Kier molecular flexibility index (Phi) is 5.84. The third kappa shape index (κ3) is 5.97. The summed E-state index contributed by atoms with van der Waals surface area (Å²) in [6, 6.07) is 0. The molecular formula is C11H22N2O4. The first kappa shape index (κ1) is 14.4. The number of nitrogens with one attached hydrogen (secondary N) is 1. The molecule has 1 amide bonds. The molecular weight excluding hydrogens is 224 g/mol. The SMILES string of the molecule is CC1(C)OCC(CNC(=O)CCOCCN)O1. The summed E-state index contributed by atoms with van der Waals surface area (Å²) in [5.41, 5.74) is 5.26. The number of ether oxygens (including phenoxy) is 3. The van der Waals surface area contributed by atoms with Crippen LogP contribution in [0.25, 0.3) is 0 Å². The van der Waals surface area contributed by atoms with Crippen molar-refractivity contribution in [2.75, 3.05) is 32.9 Å². The van der Waals surface area contributed by atoms with Crippen molar-refractivity contribution in [2.24, 2.45) is 5.73 Å². The largest absolute Gasteiger partial charge is 0.380 e. The first-order chi connectivity index (χ1) is 8.03. The molecule has 1 aliphatic heterocycles. The number of carbonyl (C=O) groups is 1. The van der Waals surface area contributed by atoms with Gasteiger partial charge >= 0.3 is 0 Å². The summed E-state index contributed by atoms with van der Waals surface area (Å²) in [6.45, 7) is 6.06. The predicted octanol–water partition coefficient (Wildman–Crippen LogP) is -0.380. The van der Waals surface area contributed by atoms with E-state index in [-0.39, 0.29) is 12.0 Å². The van der Waals surface area contributed by atoms with E-state index in [1.165, 1.54) is 0 Å². The monoisotopic (exact) mass is 246 g/mol. The Labute approximate surface area is 102 Å². The normalized spacial score (nSPS) is 22.6. The van der Waals surface area contributed by atoms with Crippen LogP contribution in [-0.4, -0.2) is 50.7 Å². The Hall–Kier alpha value is -0.690. The molecule has 0 bridgehead atoms. The molecule has 1 atom stereocenters. The van der Waals surface area contributed by atoms with Crippen LogP contribution in [-0.2, 0) is 19.0 Å². The van der Waals surface area contributed by atoms with E-state index in [0.29, 0.717) is 39.3 Å². The molecule has 1 saturated heterocycles. The van der Waals surface area contributed by atoms with Crippen LogP contribution in [0.3, 0.4) is 0 Å². The van der Waals surface area contributed by atoms with Gasteiger partial charge in [-0.05, 0) is 13.8 Å². The van der Waals surface area contributed by atoms with Gasteiger partial charge in [0.25, 0.3) is 0 Å². The molecule has 0 aromatic rings. The molecule has 1 unspecified atom stereocenters. The summed E-state index contributed by atoms with van der Waals surface area (Å²) < 4.78 is 16.1. The third-order valence-corrected chi connectivity index (χ3v) is 2.33. The molecule has 1 fully saturated rings. The molecule has 0 aromatic heterocycles. The Morgan fingerprint density at radius 1 is 1.53 bits per heavy atom. The fourth-order valence-corrected chi connectivity index (χ4v) is 1.53. The van der Waals surface area contributed by atoms with Crippen LogP contribution in [0.2, 0.25) is 0 Å². The lowest BCUT2D eigenvalue weighted by Gasteiger charge is -2.17. The molecule has 0 spiro atoms. The number of amides is 1. The van der Waals surface area contributed by atoms with Crippen molar-refractivity contribution in [2.45, 2.75) is 32.2 Å². The van der Waals surface area contributed by atoms with E-state index in [1.54, 1.807) is 0 Å². The van der Waals surface area contributed by atoms with Crippen LogP contribution in [0.4, 0.5) is 0 Å². The lowest BCUT2D eigenvalue weighted by atomic mass is 10.3. The van der Waals surface area contributed by atoms with E-state index in [0.717, 1.165) is 0 Å². The minimum absolute atomic E-state index is 0.0460. The van der Waals surface area contributed by atoms with Crippen LogP contribution in [0.5, 0.6) is 0 Å². The molecule has 1 heterocycles. The van der Waals surface area contributed by atoms with Gasteiger partial charge in [0, 0.05) is 19.5 Å². The summed E-state index contributed by atoms with van der Waals surface area (Å²) in [7, 11) is 0. The van der Waals surface area contributed by atoms with E-state index in [2.05, 4.69) is 5.32 Å². The van der Waals surface area contributed by atoms with Gasteiger partial charge in [-0.25, -0.2) is 0 Å². The van der Waals surface area contributed by atoms with Crippen molar-refractivity contribution in [1.82, 2.24) is 5.32 Å². The van der Waals surface area contributed by atoms with E-state index >= 15 is 0 Å². The lowest BCUT2D eigenvalue weighted by molar-refractivity contribution is -0.139. The van der Waals surface area contributed by atoms with Gasteiger partial charge in [0.05, 0.1) is 19.8 Å². The maximum atomic E-state index is 11.4. The number of nitrogens with two attached hydrogens (primary N) is 1. The van der Waals surface area contributed by atoms with Crippen molar-refractivity contribution in [3.8, 4) is 0 Å². The van der Waals surface area contributed by atoms with Gasteiger partial charge < -0.3 is 25.3 Å². The predicted molar refractivity (Wildman–Crippen MR) is 62.4 cm³/mol. The summed E-state index contributed by atoms with van der Waals surface area (Å²) in [4.78, 5) is 11.4. The second-order valence-electron chi connectivity index (χ2n) is 4.41. The van der Waals surface area contributed by atoms with Crippen LogP contribution < -0.4 is 11.1 Å². The van der Waals surface area contributed by atoms with Gasteiger partial charge in [0.1, 0.15) is 6.10 Å². The van der Waals surface area contributed by atoms with Crippen molar-refractivity contribution in [3.05, 3.63) is 0 Å². The van der Waals surface area contributed by atoms with E-state index < -0.39 is 5.79 Å². The second-order valence-corrected chi connectivity index (χ2v) is 4.41. The fourth-order valence-electron chi connectivity index (χ4n) is 1.53. The van der Waals surface area contributed by atoms with Crippen molar-refractivity contribution < 1.29 is 19.0 Å². The van der Waals surface area contributed by atoms with Crippen LogP contribution in [0.1, 0.15) is 20.3 Å². The Balaban J connectivity index is 2.04. The highest BCUT2D eigenvalue weighted by atomic mass is 16.7. The molecule has 1 aliphatic rings. The maximum absolute atomic E-state index is 11.4. The standard InChI is InChI=1S/C11H22N2O4/c1-11(2)16-8-9(17-11)7-13-10(14)3-5-15-6-4-12/h9H,3-8,12H2,1-2H3,(H,13,14). The minimum atomic E-state index is -0.542. The minimum Gasteiger partial charge on any atom is -0.380 e. The number of rotatable bonds is 7. The molecule has 17 heavy (non-hydrogen) atoms. The fraction of sp³-hybridized carbons (Fsp3) is 0.909. The number of hydrogen-bond donors (Lipinski definition) is 2. The molecule has 0 saturated carbocycles. The van der Waals surface area contributed by atoms with Gasteiger partial charge in [-0.1, -0.05) is 0 Å². The van der Waals surface area contributed by atoms with Crippen LogP contribution in [0.15, 0.2) is 0 Å². The average molecular weight is 246 g/mol. The maximum Gasteiger partial charge on any atom is 0.222 e. The average Bonchev–Trinajstić information content (AvgIpc) is 2.62. The Bertz CT molecular complexity index is 246. The second kappa shape index (κ2) is 6.90. The highest BCUT2D eigenvalue weighted by Gasteiger charge is 2.32. The Morgan fingerprint density at radius 3 is 2.88 bits per heavy atom. The van der Waals surface area contributed by atoms with E-state index in [9.17, 15) is 4.79 Å². The summed E-state index contributed by atoms with van der Waals surface area (Å²) in [6.07, 6.45) is 0.274. The zero-order chi connectivity index (χ0) is 12.7. The topological polar surface area (TPSA) is 82.8 Å². The van der Waals surface area contributed by atoms with Gasteiger partial charge in [-0.3, -0.25) is 4.79 Å². The smallest absolute Gasteiger partial charge is 0.222 e. The summed E-state index contributed by atoms with van der Waals surface area (Å²) in [5, 5.41) is 2.78. The molecule has 3 N–H and O–H groups in total. The van der Waals surface area contributed by atoms with Gasteiger partial charge in [-0.2, -0.15) is 0 Å². The third-order valence-electron chi connectivity index (χ3n) is 2.33. The van der Waals surface area contributed by atoms with Crippen LogP contribution in [0, 0.1) is 0 Å². The number of hydrogen-bond acceptors (Lipinski definition) is 5. The molecule has 0 aromatic carbocycles. The molecule has 0 radical (unpaired) electrons. The quantitative estimate of drug-likeness (QED) is 0.598. The highest BCUT2D eigenvalue weighted by molar-refractivity contribution is 5.75. The first-order valence-corrected chi connectivity index (χ1v) is 5.90. The summed E-state index contributed by atoms with van der Waals surface area (Å²) in [5.74, 6) is -0.588. The number of carbonyl (C=O) groups excluding carboxylic acids is 1. The van der Waals surface area contributed by atoms with E-state index in [1.807, 2.05) is 13.8 Å². The van der Waals surface area contributed by atoms with E-state index in [4.69, 9.17) is 19.9 Å². The zero-order valence-electron chi connectivity index (χ0n) is 10.5. The first-order valence-electron chi connectivity index (χ1n) is 5.90. The molecule has 6 nitrogen and oxygen atoms in total. The van der Waals surface area contributed by atoms with Gasteiger partial charge in [0.15, 0.2) is 5.79 Å². The van der Waals surface area contributed by atoms with Crippen molar-refractivity contribution in [1.29, 1.82) is 0 Å². The van der Waals surface area contributed by atoms with Crippen molar-refractivity contribution >= 4 is 5.91 Å². The summed E-state index contributed by atoms with van der Waals surface area (Å²) >= 11 is 0. The molecule has 6 heteroatoms. The van der Waals surface area contributed by atoms with Crippen molar-refractivity contribution in [3.63, 3.8) is 0 Å². The van der Waals surface area contributed by atoms with Gasteiger partial charge in [-0.15, -0.1) is 0 Å².